The molecule has 0 radical (unpaired) electrons. The highest BCUT2D eigenvalue weighted by Crippen LogP contribution is 2.18. The normalized spacial score (nSPS) is 10.8. The lowest BCUT2D eigenvalue weighted by molar-refractivity contribution is 0.458. The topological polar surface area (TPSA) is 87.8 Å². The van der Waals surface area contributed by atoms with Gasteiger partial charge in [0.1, 0.15) is 6.33 Å². The largest absolute Gasteiger partial charge is 0.495 e. The fraction of sp³-hybridized carbons (Fsp3) is 0.143. The van der Waals surface area contributed by atoms with Crippen molar-refractivity contribution >= 4 is 11.0 Å². The van der Waals surface area contributed by atoms with Crippen LogP contribution in [0.3, 0.4) is 0 Å². The van der Waals surface area contributed by atoms with Gasteiger partial charge in [0, 0.05) is 12.6 Å². The molecule has 12 heavy (non-hydrogen) atoms. The third-order valence-electron chi connectivity index (χ3n) is 1.67. The van der Waals surface area contributed by atoms with E-state index in [0.717, 1.165) is 0 Å². The summed E-state index contributed by atoms with van der Waals surface area (Å²) in [5.74, 6) is 0.0835. The molecule has 0 amide bonds. The number of hydrogen-bond acceptors (Lipinski definition) is 4. The van der Waals surface area contributed by atoms with Crippen molar-refractivity contribution in [3.63, 3.8) is 0 Å². The Morgan fingerprint density at radius 1 is 1.50 bits per heavy atom. The van der Waals surface area contributed by atoms with E-state index in [1.54, 1.807) is 0 Å². The van der Waals surface area contributed by atoms with E-state index in [2.05, 4.69) is 15.0 Å². The molecule has 0 saturated heterocycles. The molecule has 0 unspecified atom stereocenters. The van der Waals surface area contributed by atoms with Crippen LogP contribution in [-0.4, -0.2) is 20.1 Å². The van der Waals surface area contributed by atoms with E-state index in [0.29, 0.717) is 23.3 Å². The van der Waals surface area contributed by atoms with Gasteiger partial charge in [0.05, 0.1) is 16.7 Å². The molecule has 0 bridgehead atoms. The lowest BCUT2D eigenvalue weighted by atomic mass is 10.3. The van der Waals surface area contributed by atoms with E-state index < -0.39 is 0 Å². The van der Waals surface area contributed by atoms with Crippen LogP contribution in [0.2, 0.25) is 0 Å². The molecule has 0 spiro atoms. The van der Waals surface area contributed by atoms with Crippen molar-refractivity contribution in [2.45, 2.75) is 6.54 Å². The quantitative estimate of drug-likeness (QED) is 0.558. The molecular weight excluding hydrogens is 156 g/mol. The van der Waals surface area contributed by atoms with Gasteiger partial charge in [-0.05, 0) is 0 Å². The SMILES string of the molecule is NCc1ncnc2cc(O)[nH]c12. The van der Waals surface area contributed by atoms with Gasteiger partial charge in [-0.25, -0.2) is 9.97 Å². The summed E-state index contributed by atoms with van der Waals surface area (Å²) < 4.78 is 0. The van der Waals surface area contributed by atoms with E-state index in [1.807, 2.05) is 0 Å². The molecule has 4 N–H and O–H groups in total. The molecule has 2 rings (SSSR count). The highest BCUT2D eigenvalue weighted by molar-refractivity contribution is 5.78. The van der Waals surface area contributed by atoms with Gasteiger partial charge in [0.25, 0.3) is 0 Å². The summed E-state index contributed by atoms with van der Waals surface area (Å²) in [5, 5.41) is 9.11. The number of hydrogen-bond donors (Lipinski definition) is 3. The van der Waals surface area contributed by atoms with Gasteiger partial charge in [-0.1, -0.05) is 0 Å². The Kier molecular flexibility index (Phi) is 1.44. The highest BCUT2D eigenvalue weighted by atomic mass is 16.3. The molecule has 2 heterocycles. The van der Waals surface area contributed by atoms with E-state index >= 15 is 0 Å². The molecule has 0 fully saturated rings. The second-order valence-electron chi connectivity index (χ2n) is 2.44. The third kappa shape index (κ3) is 0.911. The van der Waals surface area contributed by atoms with Gasteiger partial charge >= 0.3 is 0 Å². The Labute approximate surface area is 68.3 Å². The average Bonchev–Trinajstić information content (AvgIpc) is 2.44. The number of nitrogens with zero attached hydrogens (tertiary/aromatic N) is 2. The maximum absolute atomic E-state index is 9.11. The van der Waals surface area contributed by atoms with E-state index in [1.165, 1.54) is 12.4 Å². The van der Waals surface area contributed by atoms with Crippen LogP contribution in [0.4, 0.5) is 0 Å². The summed E-state index contributed by atoms with van der Waals surface area (Å²) in [6.07, 6.45) is 1.43. The highest BCUT2D eigenvalue weighted by Gasteiger charge is 2.04. The van der Waals surface area contributed by atoms with Gasteiger partial charge in [-0.2, -0.15) is 0 Å². The molecule has 0 atom stereocenters. The average molecular weight is 164 g/mol. The first-order valence-electron chi connectivity index (χ1n) is 3.53. The molecule has 0 saturated carbocycles. The predicted molar refractivity (Wildman–Crippen MR) is 43.4 cm³/mol. The fourth-order valence-electron chi connectivity index (χ4n) is 1.13. The Hall–Kier alpha value is -1.62. The number of rotatable bonds is 1. The number of aromatic hydroxyl groups is 1. The van der Waals surface area contributed by atoms with Crippen molar-refractivity contribution in [3.05, 3.63) is 18.1 Å². The van der Waals surface area contributed by atoms with Crippen LogP contribution in [-0.2, 0) is 6.54 Å². The van der Waals surface area contributed by atoms with Crippen LogP contribution in [0, 0.1) is 0 Å². The molecule has 5 nitrogen and oxygen atoms in total. The van der Waals surface area contributed by atoms with Crippen molar-refractivity contribution in [3.8, 4) is 5.88 Å². The number of nitrogens with one attached hydrogen (secondary N) is 1. The Morgan fingerprint density at radius 2 is 2.33 bits per heavy atom. The lowest BCUT2D eigenvalue weighted by Gasteiger charge is -1.95. The standard InChI is InChI=1S/C7H8N4O/c8-2-5-7-4(9-3-10-5)1-6(12)11-7/h1,3,11-12H,2,8H2. The van der Waals surface area contributed by atoms with Gasteiger partial charge in [0.15, 0.2) is 5.88 Å². The number of nitrogens with two attached hydrogens (primary N) is 1. The smallest absolute Gasteiger partial charge is 0.190 e. The lowest BCUT2D eigenvalue weighted by Crippen LogP contribution is -2.00. The predicted octanol–water partition coefficient (Wildman–Crippen LogP) is 0.122. The first-order valence-corrected chi connectivity index (χ1v) is 3.53. The molecule has 0 aromatic carbocycles. The van der Waals surface area contributed by atoms with Crippen LogP contribution in [0.1, 0.15) is 5.69 Å². The molecular formula is C7H8N4O. The summed E-state index contributed by atoms with van der Waals surface area (Å²) in [7, 11) is 0. The van der Waals surface area contributed by atoms with Crippen LogP contribution in [0.25, 0.3) is 11.0 Å². The summed E-state index contributed by atoms with van der Waals surface area (Å²) in [5.41, 5.74) is 7.53. The number of aromatic nitrogens is 3. The van der Waals surface area contributed by atoms with Crippen LogP contribution in [0.15, 0.2) is 12.4 Å². The Morgan fingerprint density at radius 3 is 3.08 bits per heavy atom. The summed E-state index contributed by atoms with van der Waals surface area (Å²) in [6.45, 7) is 0.332. The first-order chi connectivity index (χ1) is 5.81. The first kappa shape index (κ1) is 7.05. The minimum atomic E-state index is 0.0835. The maximum Gasteiger partial charge on any atom is 0.190 e. The summed E-state index contributed by atoms with van der Waals surface area (Å²) >= 11 is 0. The van der Waals surface area contributed by atoms with Crippen LogP contribution < -0.4 is 5.73 Å². The second kappa shape index (κ2) is 2.46. The van der Waals surface area contributed by atoms with Gasteiger partial charge in [-0.3, -0.25) is 0 Å². The number of H-pyrrole nitrogens is 1. The molecule has 62 valence electrons. The zero-order valence-corrected chi connectivity index (χ0v) is 6.28. The minimum absolute atomic E-state index is 0.0835. The fourth-order valence-corrected chi connectivity index (χ4v) is 1.13. The molecule has 0 aliphatic carbocycles. The van der Waals surface area contributed by atoms with Crippen molar-refractivity contribution in [2.24, 2.45) is 5.73 Å². The van der Waals surface area contributed by atoms with Crippen molar-refractivity contribution in [1.82, 2.24) is 15.0 Å². The van der Waals surface area contributed by atoms with Gasteiger partial charge in [-0.15, -0.1) is 0 Å². The summed E-state index contributed by atoms with van der Waals surface area (Å²) in [4.78, 5) is 10.6. The van der Waals surface area contributed by atoms with Crippen molar-refractivity contribution in [2.75, 3.05) is 0 Å². The van der Waals surface area contributed by atoms with Crippen molar-refractivity contribution < 1.29 is 5.11 Å². The number of fused-ring (bicyclic) bond motifs is 1. The molecule has 5 heteroatoms. The van der Waals surface area contributed by atoms with Gasteiger partial charge in [0.2, 0.25) is 0 Å². The van der Waals surface area contributed by atoms with Crippen LogP contribution >= 0.6 is 0 Å². The molecule has 2 aromatic heterocycles. The minimum Gasteiger partial charge on any atom is -0.495 e. The van der Waals surface area contributed by atoms with E-state index in [4.69, 9.17) is 10.8 Å². The zero-order chi connectivity index (χ0) is 8.55. The van der Waals surface area contributed by atoms with Gasteiger partial charge < -0.3 is 15.8 Å². The molecule has 0 aliphatic heterocycles. The second-order valence-corrected chi connectivity index (χ2v) is 2.44. The molecule has 2 aromatic rings. The van der Waals surface area contributed by atoms with E-state index in [9.17, 15) is 0 Å². The summed E-state index contributed by atoms with van der Waals surface area (Å²) in [6, 6.07) is 1.54. The van der Waals surface area contributed by atoms with Crippen molar-refractivity contribution in [1.29, 1.82) is 0 Å². The third-order valence-corrected chi connectivity index (χ3v) is 1.67. The monoisotopic (exact) mass is 164 g/mol. The molecule has 0 aliphatic rings. The Balaban J connectivity index is 2.78. The Bertz CT molecular complexity index is 409. The van der Waals surface area contributed by atoms with Crippen LogP contribution in [0.5, 0.6) is 5.88 Å². The maximum atomic E-state index is 9.11. The van der Waals surface area contributed by atoms with E-state index in [-0.39, 0.29) is 5.88 Å². The number of aromatic amines is 1. The zero-order valence-electron chi connectivity index (χ0n) is 6.28.